The summed E-state index contributed by atoms with van der Waals surface area (Å²) in [5.41, 5.74) is 7.26. The van der Waals surface area contributed by atoms with Crippen LogP contribution in [-0.4, -0.2) is 18.2 Å². The number of fused-ring (bicyclic) bond motifs is 3. The summed E-state index contributed by atoms with van der Waals surface area (Å²) < 4.78 is 13.9. The highest BCUT2D eigenvalue weighted by atomic mass is 35.5. The Balaban J connectivity index is 1.88. The monoisotopic (exact) mass is 474 g/mol. The predicted octanol–water partition coefficient (Wildman–Crippen LogP) is 4.47. The summed E-state index contributed by atoms with van der Waals surface area (Å²) in [6.45, 7) is 3.97. The molecular weight excluding hydrogens is 455 g/mol. The third kappa shape index (κ3) is 2.72. The molecule has 2 aliphatic heterocycles. The number of allylic oxidation sites excluding steroid dienone is 1. The standard InChI is InChI=1S/C26H20ClFN4O2/c1-2-12-31-20-7-4-3-6-16(20)26(25(31)34)17(14-29)24(30)32(15-10-11-19(28)18(27)13-15)21-8-5-9-22(33)23(21)26/h2-4,6-7,10-11,13H,1,5,8-9,12,30H2. The lowest BCUT2D eigenvalue weighted by molar-refractivity contribution is -0.124. The van der Waals surface area contributed by atoms with Gasteiger partial charge in [0.15, 0.2) is 5.78 Å². The first-order valence-corrected chi connectivity index (χ1v) is 11.2. The lowest BCUT2D eigenvalue weighted by atomic mass is 9.64. The molecule has 2 N–H and O–H groups in total. The van der Waals surface area contributed by atoms with E-state index in [1.54, 1.807) is 35.2 Å². The number of para-hydroxylation sites is 1. The molecule has 0 bridgehead atoms. The van der Waals surface area contributed by atoms with Crippen molar-refractivity contribution in [3.8, 4) is 6.07 Å². The molecule has 6 nitrogen and oxygen atoms in total. The highest BCUT2D eigenvalue weighted by Gasteiger charge is 2.62. The highest BCUT2D eigenvalue weighted by Crippen LogP contribution is 2.56. The first-order valence-electron chi connectivity index (χ1n) is 10.8. The van der Waals surface area contributed by atoms with E-state index in [1.165, 1.54) is 23.1 Å². The fraction of sp³-hybridized carbons (Fsp3) is 0.192. The van der Waals surface area contributed by atoms with Crippen molar-refractivity contribution in [1.29, 1.82) is 5.26 Å². The number of ketones is 1. The van der Waals surface area contributed by atoms with Crippen LogP contribution in [-0.2, 0) is 15.0 Å². The number of hydrogen-bond acceptors (Lipinski definition) is 5. The van der Waals surface area contributed by atoms with E-state index in [2.05, 4.69) is 12.6 Å². The molecule has 34 heavy (non-hydrogen) atoms. The van der Waals surface area contributed by atoms with Gasteiger partial charge >= 0.3 is 0 Å². The van der Waals surface area contributed by atoms with Gasteiger partial charge in [-0.3, -0.25) is 14.5 Å². The van der Waals surface area contributed by atoms with Crippen LogP contribution in [0.4, 0.5) is 15.8 Å². The molecule has 2 aromatic carbocycles. The van der Waals surface area contributed by atoms with Crippen molar-refractivity contribution in [3.05, 3.63) is 94.2 Å². The molecule has 3 aliphatic rings. The first-order chi connectivity index (χ1) is 16.4. The quantitative estimate of drug-likeness (QED) is 0.663. The number of benzene rings is 2. The zero-order chi connectivity index (χ0) is 24.2. The summed E-state index contributed by atoms with van der Waals surface area (Å²) in [4.78, 5) is 30.8. The Hall–Kier alpha value is -3.89. The molecule has 1 aliphatic carbocycles. The molecule has 0 saturated heterocycles. The van der Waals surface area contributed by atoms with Crippen molar-refractivity contribution in [2.75, 3.05) is 16.3 Å². The molecule has 1 spiro atoms. The van der Waals surface area contributed by atoms with Crippen LogP contribution in [0.1, 0.15) is 24.8 Å². The zero-order valence-corrected chi connectivity index (χ0v) is 18.9. The van der Waals surface area contributed by atoms with E-state index >= 15 is 0 Å². The minimum absolute atomic E-state index is 0.0160. The Morgan fingerprint density at radius 1 is 1.24 bits per heavy atom. The second-order valence-corrected chi connectivity index (χ2v) is 8.78. The minimum atomic E-state index is -1.65. The Morgan fingerprint density at radius 3 is 2.71 bits per heavy atom. The fourth-order valence-corrected chi connectivity index (χ4v) is 5.53. The Labute approximate surface area is 201 Å². The zero-order valence-electron chi connectivity index (χ0n) is 18.1. The number of amides is 1. The number of Topliss-reactive ketones (excluding diaryl/α,β-unsaturated/α-hetero) is 1. The van der Waals surface area contributed by atoms with Gasteiger partial charge in [-0.25, -0.2) is 4.39 Å². The van der Waals surface area contributed by atoms with Crippen LogP contribution in [0.2, 0.25) is 5.02 Å². The molecule has 1 unspecified atom stereocenters. The van der Waals surface area contributed by atoms with Crippen molar-refractivity contribution < 1.29 is 14.0 Å². The summed E-state index contributed by atoms with van der Waals surface area (Å²) in [5.74, 6) is -1.21. The minimum Gasteiger partial charge on any atom is -0.384 e. The smallest absolute Gasteiger partial charge is 0.248 e. The molecule has 170 valence electrons. The normalized spacial score (nSPS) is 21.7. The number of nitrogens with two attached hydrogens (primary N) is 1. The number of halogens is 2. The number of nitrogens with zero attached hydrogens (tertiary/aromatic N) is 3. The van der Waals surface area contributed by atoms with Crippen molar-refractivity contribution in [1.82, 2.24) is 0 Å². The van der Waals surface area contributed by atoms with Crippen molar-refractivity contribution in [2.24, 2.45) is 5.73 Å². The predicted molar refractivity (Wildman–Crippen MR) is 127 cm³/mol. The third-order valence-corrected chi connectivity index (χ3v) is 6.94. The van der Waals surface area contributed by atoms with E-state index in [9.17, 15) is 19.2 Å². The van der Waals surface area contributed by atoms with Gasteiger partial charge in [0.05, 0.1) is 10.6 Å². The van der Waals surface area contributed by atoms with Gasteiger partial charge in [0, 0.05) is 41.2 Å². The van der Waals surface area contributed by atoms with E-state index in [-0.39, 0.29) is 40.7 Å². The topological polar surface area (TPSA) is 90.4 Å². The average Bonchev–Trinajstić information content (AvgIpc) is 3.06. The summed E-state index contributed by atoms with van der Waals surface area (Å²) in [6.07, 6.45) is 2.85. The second-order valence-electron chi connectivity index (χ2n) is 8.38. The lowest BCUT2D eigenvalue weighted by Gasteiger charge is -2.43. The van der Waals surface area contributed by atoms with Gasteiger partial charge in [-0.2, -0.15) is 5.26 Å². The van der Waals surface area contributed by atoms with Crippen LogP contribution in [0.15, 0.2) is 77.8 Å². The van der Waals surface area contributed by atoms with Crippen LogP contribution >= 0.6 is 11.6 Å². The Kier molecular flexibility index (Phi) is 5.07. The van der Waals surface area contributed by atoms with Crippen molar-refractivity contribution >= 4 is 34.7 Å². The Bertz CT molecular complexity index is 1390. The van der Waals surface area contributed by atoms with Crippen LogP contribution in [0, 0.1) is 17.1 Å². The van der Waals surface area contributed by atoms with E-state index in [4.69, 9.17) is 17.3 Å². The van der Waals surface area contributed by atoms with Crippen LogP contribution < -0.4 is 15.5 Å². The molecule has 0 saturated carbocycles. The van der Waals surface area contributed by atoms with E-state index < -0.39 is 17.1 Å². The largest absolute Gasteiger partial charge is 0.384 e. The Morgan fingerprint density at radius 2 is 2.00 bits per heavy atom. The van der Waals surface area contributed by atoms with Crippen LogP contribution in [0.25, 0.3) is 0 Å². The van der Waals surface area contributed by atoms with Gasteiger partial charge in [-0.15, -0.1) is 6.58 Å². The van der Waals surface area contributed by atoms with Gasteiger partial charge < -0.3 is 10.6 Å². The first kappa shape index (κ1) is 21.9. The van der Waals surface area contributed by atoms with Crippen LogP contribution in [0.3, 0.4) is 0 Å². The summed E-state index contributed by atoms with van der Waals surface area (Å²) >= 11 is 6.04. The second kappa shape index (κ2) is 7.86. The van der Waals surface area contributed by atoms with E-state index in [0.29, 0.717) is 35.5 Å². The van der Waals surface area contributed by atoms with Gasteiger partial charge in [0.2, 0.25) is 5.91 Å². The summed E-state index contributed by atoms with van der Waals surface area (Å²) in [6, 6.07) is 13.4. The number of anilines is 2. The molecule has 2 heterocycles. The van der Waals surface area contributed by atoms with E-state index in [0.717, 1.165) is 0 Å². The lowest BCUT2D eigenvalue weighted by Crippen LogP contribution is -2.52. The maximum Gasteiger partial charge on any atom is 0.248 e. The van der Waals surface area contributed by atoms with Crippen LogP contribution in [0.5, 0.6) is 0 Å². The molecule has 2 aromatic rings. The molecule has 1 amide bonds. The van der Waals surface area contributed by atoms with Gasteiger partial charge in [0.25, 0.3) is 0 Å². The summed E-state index contributed by atoms with van der Waals surface area (Å²) in [5, 5.41) is 10.2. The highest BCUT2D eigenvalue weighted by molar-refractivity contribution is 6.31. The van der Waals surface area contributed by atoms with Gasteiger partial charge in [-0.1, -0.05) is 35.9 Å². The maximum absolute atomic E-state index is 14.1. The molecular formula is C26H20ClFN4O2. The fourth-order valence-electron chi connectivity index (χ4n) is 5.36. The molecule has 0 radical (unpaired) electrons. The van der Waals surface area contributed by atoms with Crippen molar-refractivity contribution in [2.45, 2.75) is 24.7 Å². The molecule has 1 atom stereocenters. The number of rotatable bonds is 3. The third-order valence-electron chi connectivity index (χ3n) is 6.65. The van der Waals surface area contributed by atoms with Gasteiger partial charge in [-0.05, 0) is 37.1 Å². The van der Waals surface area contributed by atoms with Gasteiger partial charge in [0.1, 0.15) is 23.1 Å². The number of nitriles is 1. The number of carbonyl (C=O) groups is 2. The maximum atomic E-state index is 14.1. The summed E-state index contributed by atoms with van der Waals surface area (Å²) in [7, 11) is 0. The molecule has 8 heteroatoms. The average molecular weight is 475 g/mol. The molecule has 0 fully saturated rings. The molecule has 5 rings (SSSR count). The number of hydrogen-bond donors (Lipinski definition) is 1. The van der Waals surface area contributed by atoms with E-state index in [1.807, 2.05) is 0 Å². The number of carbonyl (C=O) groups excluding carboxylic acids is 2. The van der Waals surface area contributed by atoms with Crippen molar-refractivity contribution in [3.63, 3.8) is 0 Å². The molecule has 0 aromatic heterocycles. The SMILES string of the molecule is C=CCN1C(=O)C2(C(C#N)=C(N)N(c3ccc(F)c(Cl)c3)C3=C2C(=O)CCC3)c2ccccc21.